The number of para-hydroxylation sites is 2. The van der Waals surface area contributed by atoms with Crippen LogP contribution in [-0.2, 0) is 6.54 Å². The number of nitrogen functional groups attached to an aromatic ring is 1. The number of carbonyl (C=O) groups is 1. The molecule has 0 aliphatic heterocycles. The van der Waals surface area contributed by atoms with Crippen molar-refractivity contribution in [3.05, 3.63) is 65.9 Å². The number of carbonyl (C=O) groups excluding carboxylic acids is 1. The summed E-state index contributed by atoms with van der Waals surface area (Å²) in [6.45, 7) is 0.277. The van der Waals surface area contributed by atoms with Gasteiger partial charge in [-0.2, -0.15) is 0 Å². The van der Waals surface area contributed by atoms with E-state index in [0.717, 1.165) is 10.9 Å². The van der Waals surface area contributed by atoms with E-state index < -0.39 is 0 Å². The first kappa shape index (κ1) is 16.7. The number of rotatable bonds is 5. The maximum absolute atomic E-state index is 12.8. The molecule has 0 saturated carbocycles. The molecular formula is C20H17N3O4. The lowest BCUT2D eigenvalue weighted by Gasteiger charge is -2.09. The van der Waals surface area contributed by atoms with Gasteiger partial charge in [-0.05, 0) is 12.1 Å². The first-order chi connectivity index (χ1) is 13.2. The lowest BCUT2D eigenvalue weighted by molar-refractivity contribution is 0.0952. The lowest BCUT2D eigenvalue weighted by atomic mass is 10.1. The van der Waals surface area contributed by atoms with Gasteiger partial charge >= 0.3 is 0 Å². The smallest absolute Gasteiger partial charge is 0.259 e. The van der Waals surface area contributed by atoms with Crippen molar-refractivity contribution in [3.8, 4) is 17.0 Å². The summed E-state index contributed by atoms with van der Waals surface area (Å²) in [5.41, 5.74) is 8.57. The standard InChI is InChI=1S/C20H17N3O4/c1-25-15-8-4-2-6-12(15)10-22-20(24)17-18(23-27-19(17)21)14-11-26-16-9-5-3-7-13(14)16/h2-9,11H,10,21H2,1H3,(H,22,24). The molecule has 0 aliphatic carbocycles. The molecule has 0 aliphatic rings. The number of hydrogen-bond donors (Lipinski definition) is 2. The average molecular weight is 363 g/mol. The molecule has 4 rings (SSSR count). The monoisotopic (exact) mass is 363 g/mol. The molecule has 0 unspecified atom stereocenters. The molecule has 2 heterocycles. The summed E-state index contributed by atoms with van der Waals surface area (Å²) in [4.78, 5) is 12.8. The topological polar surface area (TPSA) is 104 Å². The van der Waals surface area contributed by atoms with Crippen LogP contribution in [0.25, 0.3) is 22.2 Å². The zero-order valence-corrected chi connectivity index (χ0v) is 14.6. The van der Waals surface area contributed by atoms with E-state index in [1.165, 1.54) is 0 Å². The number of nitrogens with one attached hydrogen (secondary N) is 1. The Morgan fingerprint density at radius 2 is 1.96 bits per heavy atom. The third-order valence-electron chi connectivity index (χ3n) is 4.31. The van der Waals surface area contributed by atoms with E-state index in [0.29, 0.717) is 22.6 Å². The normalized spacial score (nSPS) is 10.9. The van der Waals surface area contributed by atoms with Crippen molar-refractivity contribution in [2.24, 2.45) is 0 Å². The van der Waals surface area contributed by atoms with Crippen LogP contribution in [0.15, 0.2) is 63.7 Å². The van der Waals surface area contributed by atoms with Gasteiger partial charge in [-0.15, -0.1) is 0 Å². The van der Waals surface area contributed by atoms with Gasteiger partial charge in [-0.25, -0.2) is 0 Å². The molecule has 0 radical (unpaired) electrons. The zero-order valence-electron chi connectivity index (χ0n) is 14.6. The van der Waals surface area contributed by atoms with Gasteiger partial charge in [0.25, 0.3) is 5.91 Å². The molecule has 2 aromatic carbocycles. The van der Waals surface area contributed by atoms with Crippen molar-refractivity contribution in [2.75, 3.05) is 12.8 Å². The maximum atomic E-state index is 12.8. The van der Waals surface area contributed by atoms with Crippen LogP contribution in [0.2, 0.25) is 0 Å². The summed E-state index contributed by atoms with van der Waals surface area (Å²) in [6, 6.07) is 14.9. The predicted molar refractivity (Wildman–Crippen MR) is 100 cm³/mol. The number of hydrogen-bond acceptors (Lipinski definition) is 6. The van der Waals surface area contributed by atoms with Crippen LogP contribution in [0, 0.1) is 0 Å². The quantitative estimate of drug-likeness (QED) is 0.561. The van der Waals surface area contributed by atoms with E-state index >= 15 is 0 Å². The predicted octanol–water partition coefficient (Wildman–Crippen LogP) is 3.61. The fraction of sp³-hybridized carbons (Fsp3) is 0.100. The number of fused-ring (bicyclic) bond motifs is 1. The Hall–Kier alpha value is -3.74. The summed E-state index contributed by atoms with van der Waals surface area (Å²) >= 11 is 0. The van der Waals surface area contributed by atoms with E-state index in [1.807, 2.05) is 48.5 Å². The zero-order chi connectivity index (χ0) is 18.8. The second-order valence-corrected chi connectivity index (χ2v) is 5.91. The van der Waals surface area contributed by atoms with Crippen molar-refractivity contribution in [2.45, 2.75) is 6.54 Å². The average Bonchev–Trinajstić information content (AvgIpc) is 3.29. The highest BCUT2D eigenvalue weighted by molar-refractivity contribution is 6.06. The molecule has 4 aromatic rings. The number of anilines is 1. The lowest BCUT2D eigenvalue weighted by Crippen LogP contribution is -2.24. The van der Waals surface area contributed by atoms with Gasteiger partial charge in [0.05, 0.1) is 12.7 Å². The molecule has 136 valence electrons. The highest BCUT2D eigenvalue weighted by atomic mass is 16.5. The van der Waals surface area contributed by atoms with E-state index in [2.05, 4.69) is 10.5 Å². The van der Waals surface area contributed by atoms with Gasteiger partial charge in [0, 0.05) is 17.5 Å². The highest BCUT2D eigenvalue weighted by Crippen LogP contribution is 2.34. The van der Waals surface area contributed by atoms with E-state index in [4.69, 9.17) is 19.4 Å². The van der Waals surface area contributed by atoms with Crippen molar-refractivity contribution >= 4 is 22.8 Å². The molecule has 0 fully saturated rings. The van der Waals surface area contributed by atoms with Crippen LogP contribution >= 0.6 is 0 Å². The van der Waals surface area contributed by atoms with Gasteiger partial charge in [0.15, 0.2) is 0 Å². The molecular weight excluding hydrogens is 346 g/mol. The van der Waals surface area contributed by atoms with E-state index in [-0.39, 0.29) is 23.9 Å². The minimum atomic E-state index is -0.389. The van der Waals surface area contributed by atoms with Crippen molar-refractivity contribution in [1.29, 1.82) is 0 Å². The SMILES string of the molecule is COc1ccccc1CNC(=O)c1c(-c2coc3ccccc23)noc1N. The van der Waals surface area contributed by atoms with Gasteiger partial charge in [0.2, 0.25) is 5.88 Å². The number of methoxy groups -OCH3 is 1. The molecule has 1 amide bonds. The first-order valence-corrected chi connectivity index (χ1v) is 8.31. The molecule has 7 nitrogen and oxygen atoms in total. The Morgan fingerprint density at radius 1 is 1.19 bits per heavy atom. The molecule has 0 bridgehead atoms. The summed E-state index contributed by atoms with van der Waals surface area (Å²) in [6.07, 6.45) is 1.54. The largest absolute Gasteiger partial charge is 0.496 e. The fourth-order valence-electron chi connectivity index (χ4n) is 2.98. The number of ether oxygens (including phenoxy) is 1. The van der Waals surface area contributed by atoms with Gasteiger partial charge in [0.1, 0.15) is 28.9 Å². The van der Waals surface area contributed by atoms with Crippen LogP contribution in [0.4, 0.5) is 5.88 Å². The Balaban J connectivity index is 1.64. The number of amides is 1. The Labute approximate surface area is 154 Å². The highest BCUT2D eigenvalue weighted by Gasteiger charge is 2.25. The van der Waals surface area contributed by atoms with Gasteiger partial charge in [-0.3, -0.25) is 4.79 Å². The minimum absolute atomic E-state index is 0.0483. The van der Waals surface area contributed by atoms with Crippen LogP contribution in [-0.4, -0.2) is 18.2 Å². The van der Waals surface area contributed by atoms with Gasteiger partial charge in [-0.1, -0.05) is 41.6 Å². The second kappa shape index (κ2) is 6.87. The molecule has 0 saturated heterocycles. The first-order valence-electron chi connectivity index (χ1n) is 8.31. The van der Waals surface area contributed by atoms with E-state index in [9.17, 15) is 4.79 Å². The van der Waals surface area contributed by atoms with Crippen molar-refractivity contribution < 1.29 is 18.5 Å². The Kier molecular flexibility index (Phi) is 4.25. The number of nitrogens with zero attached hydrogens (tertiary/aromatic N) is 1. The van der Waals surface area contributed by atoms with Crippen molar-refractivity contribution in [1.82, 2.24) is 10.5 Å². The molecule has 7 heteroatoms. The molecule has 0 spiro atoms. The Morgan fingerprint density at radius 3 is 2.81 bits per heavy atom. The summed E-state index contributed by atoms with van der Waals surface area (Å²) < 4.78 is 15.9. The summed E-state index contributed by atoms with van der Waals surface area (Å²) in [5.74, 6) is 0.255. The number of benzene rings is 2. The molecule has 2 aromatic heterocycles. The van der Waals surface area contributed by atoms with Crippen molar-refractivity contribution in [3.63, 3.8) is 0 Å². The maximum Gasteiger partial charge on any atom is 0.259 e. The Bertz CT molecular complexity index is 1110. The molecule has 0 atom stereocenters. The minimum Gasteiger partial charge on any atom is -0.496 e. The van der Waals surface area contributed by atoms with Gasteiger partial charge < -0.3 is 24.7 Å². The summed E-state index contributed by atoms with van der Waals surface area (Å²) in [5, 5.41) is 7.63. The van der Waals surface area contributed by atoms with Crippen LogP contribution in [0.5, 0.6) is 5.75 Å². The fourth-order valence-corrected chi connectivity index (χ4v) is 2.98. The molecule has 27 heavy (non-hydrogen) atoms. The third-order valence-corrected chi connectivity index (χ3v) is 4.31. The number of nitrogens with two attached hydrogens (primary N) is 1. The number of aromatic nitrogens is 1. The van der Waals surface area contributed by atoms with Crippen LogP contribution in [0.3, 0.4) is 0 Å². The molecule has 3 N–H and O–H groups in total. The van der Waals surface area contributed by atoms with E-state index in [1.54, 1.807) is 13.4 Å². The second-order valence-electron chi connectivity index (χ2n) is 5.91. The number of furan rings is 1. The van der Waals surface area contributed by atoms with Crippen LogP contribution in [0.1, 0.15) is 15.9 Å². The summed E-state index contributed by atoms with van der Waals surface area (Å²) in [7, 11) is 1.58. The van der Waals surface area contributed by atoms with Crippen LogP contribution < -0.4 is 15.8 Å². The third kappa shape index (κ3) is 2.99.